The summed E-state index contributed by atoms with van der Waals surface area (Å²) >= 11 is 1.60. The highest BCUT2D eigenvalue weighted by Crippen LogP contribution is 2.47. The highest BCUT2D eigenvalue weighted by atomic mass is 32.2. The molecule has 0 unspecified atom stereocenters. The third-order valence-corrected chi connectivity index (χ3v) is 10.4. The van der Waals surface area contributed by atoms with E-state index in [0.29, 0.717) is 30.8 Å². The summed E-state index contributed by atoms with van der Waals surface area (Å²) in [6, 6.07) is 4.03. The summed E-state index contributed by atoms with van der Waals surface area (Å²) in [5, 5.41) is 6.97. The number of thiophene rings is 1. The molecule has 0 radical (unpaired) electrons. The van der Waals surface area contributed by atoms with E-state index >= 15 is 0 Å². The van der Waals surface area contributed by atoms with Gasteiger partial charge in [0.2, 0.25) is 10.0 Å². The van der Waals surface area contributed by atoms with Gasteiger partial charge in [0.15, 0.2) is 0 Å². The average molecular weight is 531 g/mol. The third kappa shape index (κ3) is 5.29. The van der Waals surface area contributed by atoms with Crippen molar-refractivity contribution in [1.29, 1.82) is 0 Å². The Morgan fingerprint density at radius 3 is 2.69 bits per heavy atom. The van der Waals surface area contributed by atoms with Crippen LogP contribution in [-0.2, 0) is 31.7 Å². The van der Waals surface area contributed by atoms with Crippen LogP contribution in [0.25, 0.3) is 5.57 Å². The van der Waals surface area contributed by atoms with Crippen LogP contribution in [0.4, 0.5) is 0 Å². The van der Waals surface area contributed by atoms with E-state index in [-0.39, 0.29) is 5.57 Å². The molecule has 2 aromatic rings. The minimum atomic E-state index is -3.78. The van der Waals surface area contributed by atoms with E-state index in [0.717, 1.165) is 42.7 Å². The number of hydrogen-bond acceptors (Lipinski definition) is 6. The predicted molar refractivity (Wildman–Crippen MR) is 140 cm³/mol. The zero-order valence-electron chi connectivity index (χ0n) is 20.9. The van der Waals surface area contributed by atoms with Crippen LogP contribution >= 0.6 is 11.3 Å². The Morgan fingerprint density at radius 1 is 1.22 bits per heavy atom. The van der Waals surface area contributed by atoms with Crippen molar-refractivity contribution in [1.82, 2.24) is 19.8 Å². The van der Waals surface area contributed by atoms with E-state index in [1.165, 1.54) is 17.7 Å². The van der Waals surface area contributed by atoms with Crippen LogP contribution in [0, 0.1) is 0 Å². The van der Waals surface area contributed by atoms with Crippen molar-refractivity contribution in [3.63, 3.8) is 0 Å². The standard InChI is InChI=1S/C26H34N4O4S2/c1-3-4-5-6-13-30-16-18(15-27-30)26(2)14-20(22-12-11-21(35-22)17-7-8-17)23(24(31)28-26)25(32)29-36(33,34)19-9-10-19/h11-12,15-17,19H,3-10,13-14H2,1-2H3,(H,28,31)(H,29,32)/t26-/m0/s1. The lowest BCUT2D eigenvalue weighted by Gasteiger charge is -2.36. The first-order valence-electron chi connectivity index (χ1n) is 12.9. The number of carbonyl (C=O) groups excluding carboxylic acids is 2. The topological polar surface area (TPSA) is 110 Å². The number of nitrogens with one attached hydrogen (secondary N) is 2. The molecule has 2 saturated carbocycles. The van der Waals surface area contributed by atoms with Gasteiger partial charge in [-0.3, -0.25) is 14.3 Å². The first-order valence-corrected chi connectivity index (χ1v) is 15.3. The van der Waals surface area contributed by atoms with Crippen molar-refractivity contribution in [3.05, 3.63) is 45.4 Å². The Kier molecular flexibility index (Phi) is 6.84. The summed E-state index contributed by atoms with van der Waals surface area (Å²) in [6.07, 6.45) is 12.1. The number of aryl methyl sites for hydroxylation is 1. The molecule has 2 aromatic heterocycles. The lowest BCUT2D eigenvalue weighted by Crippen LogP contribution is -2.50. The van der Waals surface area contributed by atoms with Gasteiger partial charge in [-0.15, -0.1) is 11.3 Å². The molecule has 1 aliphatic heterocycles. The molecule has 10 heteroatoms. The fourth-order valence-electron chi connectivity index (χ4n) is 4.78. The monoisotopic (exact) mass is 530 g/mol. The Hall–Kier alpha value is -2.46. The van der Waals surface area contributed by atoms with Crippen LogP contribution in [0.1, 0.15) is 92.9 Å². The SMILES string of the molecule is CCCCCCn1cc([C@]2(C)CC(c3ccc(C4CC4)s3)=C(C(=O)NS(=O)(=O)C3CC3)C(=O)N2)cn1. The van der Waals surface area contributed by atoms with Crippen molar-refractivity contribution < 1.29 is 18.0 Å². The molecule has 2 fully saturated rings. The van der Waals surface area contributed by atoms with Gasteiger partial charge in [0.1, 0.15) is 5.57 Å². The van der Waals surface area contributed by atoms with Gasteiger partial charge >= 0.3 is 0 Å². The lowest BCUT2D eigenvalue weighted by molar-refractivity contribution is -0.124. The maximum absolute atomic E-state index is 13.4. The third-order valence-electron chi connectivity index (χ3n) is 7.29. The van der Waals surface area contributed by atoms with Gasteiger partial charge < -0.3 is 5.32 Å². The number of rotatable bonds is 11. The molecule has 0 bridgehead atoms. The van der Waals surface area contributed by atoms with Crippen LogP contribution in [0.2, 0.25) is 0 Å². The second kappa shape index (κ2) is 9.78. The molecule has 0 spiro atoms. The number of carbonyl (C=O) groups is 2. The van der Waals surface area contributed by atoms with Crippen LogP contribution in [-0.4, -0.2) is 35.3 Å². The molecule has 1 atom stereocenters. The van der Waals surface area contributed by atoms with Crippen LogP contribution in [0.3, 0.4) is 0 Å². The zero-order chi connectivity index (χ0) is 25.5. The van der Waals surface area contributed by atoms with E-state index in [1.54, 1.807) is 17.5 Å². The molecule has 36 heavy (non-hydrogen) atoms. The van der Waals surface area contributed by atoms with Gasteiger partial charge in [0, 0.05) is 34.5 Å². The van der Waals surface area contributed by atoms with Gasteiger partial charge in [-0.25, -0.2) is 13.1 Å². The molecule has 8 nitrogen and oxygen atoms in total. The summed E-state index contributed by atoms with van der Waals surface area (Å²) in [5.41, 5.74) is 0.592. The van der Waals surface area contributed by atoms with Crippen molar-refractivity contribution in [2.24, 2.45) is 0 Å². The fourth-order valence-corrected chi connectivity index (χ4v) is 7.29. The number of nitrogens with zero attached hydrogens (tertiary/aromatic N) is 2. The van der Waals surface area contributed by atoms with Crippen LogP contribution in [0.5, 0.6) is 0 Å². The predicted octanol–water partition coefficient (Wildman–Crippen LogP) is 4.20. The van der Waals surface area contributed by atoms with E-state index in [2.05, 4.69) is 28.1 Å². The maximum atomic E-state index is 13.4. The smallest absolute Gasteiger partial charge is 0.270 e. The molecule has 3 heterocycles. The van der Waals surface area contributed by atoms with Crippen LogP contribution < -0.4 is 10.0 Å². The van der Waals surface area contributed by atoms with Gasteiger partial charge in [0.25, 0.3) is 11.8 Å². The van der Waals surface area contributed by atoms with Crippen LogP contribution in [0.15, 0.2) is 30.1 Å². The van der Waals surface area contributed by atoms with E-state index in [1.807, 2.05) is 23.9 Å². The van der Waals surface area contributed by atoms with Crippen molar-refractivity contribution in [2.45, 2.75) is 94.9 Å². The molecule has 194 valence electrons. The first-order chi connectivity index (χ1) is 17.2. The molecule has 2 N–H and O–H groups in total. The minimum absolute atomic E-state index is 0.104. The Balaban J connectivity index is 1.45. The number of sulfonamides is 1. The van der Waals surface area contributed by atoms with Gasteiger partial charge in [-0.05, 0) is 62.7 Å². The maximum Gasteiger partial charge on any atom is 0.270 e. The molecular formula is C26H34N4O4S2. The molecule has 0 saturated heterocycles. The summed E-state index contributed by atoms with van der Waals surface area (Å²) in [5.74, 6) is -0.852. The lowest BCUT2D eigenvalue weighted by atomic mass is 9.81. The number of amides is 2. The molecule has 0 aromatic carbocycles. The normalized spacial score (nSPS) is 22.6. The second-order valence-electron chi connectivity index (χ2n) is 10.5. The fraction of sp³-hybridized carbons (Fsp3) is 0.577. The van der Waals surface area contributed by atoms with E-state index in [4.69, 9.17) is 0 Å². The van der Waals surface area contributed by atoms with Crippen molar-refractivity contribution in [2.75, 3.05) is 0 Å². The summed E-state index contributed by atoms with van der Waals surface area (Å²) in [4.78, 5) is 28.7. The number of unbranched alkanes of at least 4 members (excludes halogenated alkanes) is 3. The molecular weight excluding hydrogens is 496 g/mol. The molecule has 5 rings (SSSR count). The second-order valence-corrected chi connectivity index (χ2v) is 13.6. The Bertz CT molecular complexity index is 1300. The Morgan fingerprint density at radius 2 is 2.00 bits per heavy atom. The quantitative estimate of drug-likeness (QED) is 0.334. The van der Waals surface area contributed by atoms with Crippen molar-refractivity contribution in [3.8, 4) is 0 Å². The highest BCUT2D eigenvalue weighted by molar-refractivity contribution is 7.91. The van der Waals surface area contributed by atoms with Crippen molar-refractivity contribution >= 4 is 38.7 Å². The molecule has 3 aliphatic rings. The van der Waals surface area contributed by atoms with E-state index < -0.39 is 32.6 Å². The average Bonchev–Trinajstić information content (AvgIpc) is 3.75. The number of aromatic nitrogens is 2. The summed E-state index contributed by atoms with van der Waals surface area (Å²) in [7, 11) is -3.78. The highest BCUT2D eigenvalue weighted by Gasteiger charge is 2.43. The Labute approximate surface area is 216 Å². The molecule has 2 amide bonds. The summed E-state index contributed by atoms with van der Waals surface area (Å²) < 4.78 is 29.0. The zero-order valence-corrected chi connectivity index (χ0v) is 22.5. The van der Waals surface area contributed by atoms with Gasteiger partial charge in [-0.1, -0.05) is 26.2 Å². The molecule has 2 aliphatic carbocycles. The number of hydrogen-bond donors (Lipinski definition) is 2. The van der Waals surface area contributed by atoms with E-state index in [9.17, 15) is 18.0 Å². The summed E-state index contributed by atoms with van der Waals surface area (Å²) in [6.45, 7) is 4.93. The largest absolute Gasteiger partial charge is 0.342 e. The first kappa shape index (κ1) is 25.2. The minimum Gasteiger partial charge on any atom is -0.342 e. The van der Waals surface area contributed by atoms with Gasteiger partial charge in [-0.2, -0.15) is 5.10 Å². The van der Waals surface area contributed by atoms with Gasteiger partial charge in [0.05, 0.1) is 17.0 Å².